The Bertz CT molecular complexity index is 602. The molecule has 2 aromatic rings. The van der Waals surface area contributed by atoms with Gasteiger partial charge in [0.2, 0.25) is 11.8 Å². The number of aromatic carboxylic acids is 1. The summed E-state index contributed by atoms with van der Waals surface area (Å²) in [6.45, 7) is 0. The van der Waals surface area contributed by atoms with Crippen molar-refractivity contribution in [3.05, 3.63) is 35.7 Å². The molecule has 1 aromatic carbocycles. The van der Waals surface area contributed by atoms with Crippen LogP contribution in [0.5, 0.6) is 0 Å². The van der Waals surface area contributed by atoms with E-state index in [1.807, 2.05) is 0 Å². The number of benzene rings is 1. The fraction of sp³-hybridized carbons (Fsp3) is 0.357. The molecule has 0 amide bonds. The molecule has 0 unspecified atom stereocenters. The molecule has 0 radical (unpaired) electrons. The van der Waals surface area contributed by atoms with Gasteiger partial charge in [-0.25, -0.2) is 4.79 Å². The summed E-state index contributed by atoms with van der Waals surface area (Å²) in [6.07, 6.45) is 4.57. The number of aromatic nitrogens is 2. The fourth-order valence-electron chi connectivity index (χ4n) is 2.18. The summed E-state index contributed by atoms with van der Waals surface area (Å²) in [5.74, 6) is 0.729. The molecule has 0 aliphatic heterocycles. The van der Waals surface area contributed by atoms with E-state index in [0.717, 1.165) is 6.42 Å². The molecule has 3 rings (SSSR count). The number of hydrogen-bond acceptors (Lipinski definition) is 4. The van der Waals surface area contributed by atoms with Gasteiger partial charge < -0.3 is 9.52 Å². The highest BCUT2D eigenvalue weighted by Crippen LogP contribution is 2.30. The monoisotopic (exact) mass is 258 g/mol. The molecule has 19 heavy (non-hydrogen) atoms. The van der Waals surface area contributed by atoms with E-state index >= 15 is 0 Å². The van der Waals surface area contributed by atoms with Gasteiger partial charge in [-0.1, -0.05) is 12.5 Å². The predicted molar refractivity (Wildman–Crippen MR) is 67.7 cm³/mol. The molecule has 1 fully saturated rings. The van der Waals surface area contributed by atoms with Crippen LogP contribution in [-0.2, 0) is 6.42 Å². The van der Waals surface area contributed by atoms with Crippen LogP contribution in [0, 0.1) is 5.92 Å². The van der Waals surface area contributed by atoms with Crippen LogP contribution < -0.4 is 0 Å². The number of rotatable bonds is 4. The summed E-state index contributed by atoms with van der Waals surface area (Å²) in [7, 11) is 0. The number of carbonyl (C=O) groups is 1. The zero-order valence-corrected chi connectivity index (χ0v) is 10.4. The molecule has 98 valence electrons. The molecule has 0 saturated heterocycles. The molecule has 1 saturated carbocycles. The van der Waals surface area contributed by atoms with Crippen LogP contribution in [0.3, 0.4) is 0 Å². The second-order valence-corrected chi connectivity index (χ2v) is 4.89. The van der Waals surface area contributed by atoms with Crippen molar-refractivity contribution in [1.82, 2.24) is 10.2 Å². The summed E-state index contributed by atoms with van der Waals surface area (Å²) in [5, 5.41) is 17.0. The Labute approximate surface area is 110 Å². The largest absolute Gasteiger partial charge is 0.478 e. The van der Waals surface area contributed by atoms with E-state index in [4.69, 9.17) is 9.52 Å². The maximum atomic E-state index is 10.9. The third-order valence-corrected chi connectivity index (χ3v) is 3.51. The molecule has 0 atom stereocenters. The first-order valence-electron chi connectivity index (χ1n) is 6.38. The van der Waals surface area contributed by atoms with Gasteiger partial charge in [0.25, 0.3) is 0 Å². The highest BCUT2D eigenvalue weighted by molar-refractivity contribution is 5.88. The van der Waals surface area contributed by atoms with Gasteiger partial charge in [-0.05, 0) is 37.0 Å². The lowest BCUT2D eigenvalue weighted by Crippen LogP contribution is -2.13. The summed E-state index contributed by atoms with van der Waals surface area (Å²) >= 11 is 0. The Morgan fingerprint density at radius 1 is 1.37 bits per heavy atom. The lowest BCUT2D eigenvalue weighted by molar-refractivity contribution is 0.0697. The second-order valence-electron chi connectivity index (χ2n) is 4.89. The first-order valence-corrected chi connectivity index (χ1v) is 6.38. The van der Waals surface area contributed by atoms with Crippen molar-refractivity contribution in [1.29, 1.82) is 0 Å². The van der Waals surface area contributed by atoms with Gasteiger partial charge in [0.05, 0.1) is 5.56 Å². The van der Waals surface area contributed by atoms with Gasteiger partial charge in [-0.15, -0.1) is 10.2 Å². The Morgan fingerprint density at radius 3 is 2.89 bits per heavy atom. The average molecular weight is 258 g/mol. The molecule has 1 aromatic heterocycles. The van der Waals surface area contributed by atoms with E-state index in [-0.39, 0.29) is 5.56 Å². The van der Waals surface area contributed by atoms with E-state index in [1.54, 1.807) is 18.2 Å². The van der Waals surface area contributed by atoms with Gasteiger partial charge in [0.15, 0.2) is 0 Å². The van der Waals surface area contributed by atoms with Gasteiger partial charge >= 0.3 is 5.97 Å². The second kappa shape index (κ2) is 4.84. The predicted octanol–water partition coefficient (Wildman–Crippen LogP) is 2.78. The topological polar surface area (TPSA) is 76.2 Å². The summed E-state index contributed by atoms with van der Waals surface area (Å²) in [4.78, 5) is 10.9. The average Bonchev–Trinajstić information content (AvgIpc) is 2.83. The van der Waals surface area contributed by atoms with Crippen LogP contribution in [0.1, 0.15) is 35.5 Å². The number of carboxylic acid groups (broad SMARTS) is 1. The first-order chi connectivity index (χ1) is 9.22. The number of nitrogens with zero attached hydrogens (tertiary/aromatic N) is 2. The zero-order chi connectivity index (χ0) is 13.2. The fourth-order valence-corrected chi connectivity index (χ4v) is 2.18. The molecule has 5 heteroatoms. The minimum Gasteiger partial charge on any atom is -0.478 e. The SMILES string of the molecule is O=C(O)c1cccc(-c2nnc(CC3CCC3)o2)c1. The lowest BCUT2D eigenvalue weighted by atomic mass is 9.83. The number of carboxylic acids is 1. The van der Waals surface area contributed by atoms with Crippen LogP contribution in [0.15, 0.2) is 28.7 Å². The van der Waals surface area contributed by atoms with Crippen molar-refractivity contribution in [3.8, 4) is 11.5 Å². The van der Waals surface area contributed by atoms with E-state index < -0.39 is 5.97 Å². The molecule has 1 heterocycles. The summed E-state index contributed by atoms with van der Waals surface area (Å²) in [5.41, 5.74) is 0.864. The normalized spacial score (nSPS) is 15.2. The van der Waals surface area contributed by atoms with Crippen LogP contribution in [-0.4, -0.2) is 21.3 Å². The highest BCUT2D eigenvalue weighted by Gasteiger charge is 2.21. The summed E-state index contributed by atoms with van der Waals surface area (Å²) in [6, 6.07) is 6.53. The van der Waals surface area contributed by atoms with Gasteiger partial charge in [0, 0.05) is 12.0 Å². The quantitative estimate of drug-likeness (QED) is 0.912. The van der Waals surface area contributed by atoms with E-state index in [2.05, 4.69) is 10.2 Å². The maximum Gasteiger partial charge on any atom is 0.335 e. The third-order valence-electron chi connectivity index (χ3n) is 3.51. The zero-order valence-electron chi connectivity index (χ0n) is 10.4. The maximum absolute atomic E-state index is 10.9. The van der Waals surface area contributed by atoms with Gasteiger partial charge in [-0.3, -0.25) is 0 Å². The van der Waals surface area contributed by atoms with Crippen molar-refractivity contribution in [2.24, 2.45) is 5.92 Å². The Hall–Kier alpha value is -2.17. The standard InChI is InChI=1S/C14H14N2O3/c17-14(18)11-6-2-5-10(8-11)13-16-15-12(19-13)7-9-3-1-4-9/h2,5-6,8-9H,1,3-4,7H2,(H,17,18). The van der Waals surface area contributed by atoms with Crippen molar-refractivity contribution < 1.29 is 14.3 Å². The summed E-state index contributed by atoms with van der Waals surface area (Å²) < 4.78 is 5.60. The minimum atomic E-state index is -0.962. The van der Waals surface area contributed by atoms with Crippen LogP contribution in [0.4, 0.5) is 0 Å². The van der Waals surface area contributed by atoms with Crippen molar-refractivity contribution in [2.45, 2.75) is 25.7 Å². The molecular formula is C14H14N2O3. The van der Waals surface area contributed by atoms with Crippen molar-refractivity contribution in [3.63, 3.8) is 0 Å². The molecule has 1 N–H and O–H groups in total. The van der Waals surface area contributed by atoms with Crippen molar-refractivity contribution >= 4 is 5.97 Å². The van der Waals surface area contributed by atoms with E-state index in [1.165, 1.54) is 25.3 Å². The van der Waals surface area contributed by atoms with Crippen LogP contribution in [0.25, 0.3) is 11.5 Å². The minimum absolute atomic E-state index is 0.219. The van der Waals surface area contributed by atoms with Crippen LogP contribution >= 0.6 is 0 Å². The molecule has 5 nitrogen and oxygen atoms in total. The van der Waals surface area contributed by atoms with Crippen LogP contribution in [0.2, 0.25) is 0 Å². The smallest absolute Gasteiger partial charge is 0.335 e. The number of hydrogen-bond donors (Lipinski definition) is 1. The van der Waals surface area contributed by atoms with Crippen molar-refractivity contribution in [2.75, 3.05) is 0 Å². The molecular weight excluding hydrogens is 244 g/mol. The third kappa shape index (κ3) is 2.50. The molecule has 0 bridgehead atoms. The Balaban J connectivity index is 1.81. The Morgan fingerprint density at radius 2 is 2.21 bits per heavy atom. The first kappa shape index (κ1) is 11.9. The molecule has 0 spiro atoms. The molecule has 1 aliphatic carbocycles. The van der Waals surface area contributed by atoms with Gasteiger partial charge in [0.1, 0.15) is 0 Å². The Kier molecular flexibility index (Phi) is 3.03. The highest BCUT2D eigenvalue weighted by atomic mass is 16.4. The molecule has 1 aliphatic rings. The van der Waals surface area contributed by atoms with Gasteiger partial charge in [-0.2, -0.15) is 0 Å². The van der Waals surface area contributed by atoms with E-state index in [9.17, 15) is 4.79 Å². The van der Waals surface area contributed by atoms with E-state index in [0.29, 0.717) is 23.3 Å². The lowest BCUT2D eigenvalue weighted by Gasteiger charge is -2.23.